The third-order valence-corrected chi connectivity index (χ3v) is 19.5. The molecule has 8 heteroatoms. The third kappa shape index (κ3) is 19.5. The van der Waals surface area contributed by atoms with Gasteiger partial charge in [0.05, 0.1) is 23.5 Å². The molecule has 12 aromatic rings. The molecule has 0 saturated carbocycles. The summed E-state index contributed by atoms with van der Waals surface area (Å²) in [6.45, 7) is 22.4. The molecule has 1 unspecified atom stereocenters. The van der Waals surface area contributed by atoms with E-state index in [1.165, 1.54) is 11.1 Å². The number of hydrogen-bond acceptors (Lipinski definition) is 4. The van der Waals surface area contributed by atoms with Gasteiger partial charge >= 0.3 is 0 Å². The molecule has 0 amide bonds. The largest absolute Gasteiger partial charge is 0.363 e. The van der Waals surface area contributed by atoms with Gasteiger partial charge in [-0.3, -0.25) is 9.98 Å². The fourth-order valence-corrected chi connectivity index (χ4v) is 13.1. The fraction of sp³-hybridized carbons (Fsp3) is 0.146. The zero-order valence-corrected chi connectivity index (χ0v) is 63.0. The SMILES string of the molecule is CC(NC(=N[C@@H](C)c1ccccc1)c1c(-c2ccc(C#Cc3ccc(N=Nc4ccc(C#Cc5ccc(-c6cccc(-c7ccc(C#C[Si](C)(C)C)cc7)c6C(=N[C@@H](C)c6ccccc6)N[C@@H](C)c6ccccc6)cc5)cc4)cc3)cc2)cccc1-c1ccc(C#C[Si](C)(C)C)cc1)c1ccccc1. The predicted molar refractivity (Wildman–Crippen MR) is 443 cm³/mol. The summed E-state index contributed by atoms with van der Waals surface area (Å²) >= 11 is 0. The third-order valence-electron chi connectivity index (χ3n) is 17.8. The first-order valence-electron chi connectivity index (χ1n) is 35.7. The molecule has 0 aromatic heterocycles. The van der Waals surface area contributed by atoms with Gasteiger partial charge in [-0.15, -0.1) is 11.1 Å². The molecule has 508 valence electrons. The zero-order valence-electron chi connectivity index (χ0n) is 61.0. The van der Waals surface area contributed by atoms with E-state index in [0.29, 0.717) is 0 Å². The van der Waals surface area contributed by atoms with Crippen molar-refractivity contribution in [1.82, 2.24) is 10.6 Å². The minimum Gasteiger partial charge on any atom is -0.363 e. The number of nitrogens with zero attached hydrogens (tertiary/aromatic N) is 4. The average molecular weight is 1380 g/mol. The number of nitrogens with one attached hydrogen (secondary N) is 2. The van der Waals surface area contributed by atoms with Gasteiger partial charge in [-0.05, 0) is 192 Å². The van der Waals surface area contributed by atoms with Gasteiger partial charge in [0, 0.05) is 56.6 Å². The summed E-state index contributed by atoms with van der Waals surface area (Å²) in [6.07, 6.45) is 0. The summed E-state index contributed by atoms with van der Waals surface area (Å²) in [5.74, 6) is 22.1. The highest BCUT2D eigenvalue weighted by Crippen LogP contribution is 2.38. The lowest BCUT2D eigenvalue weighted by molar-refractivity contribution is 0.703. The maximum absolute atomic E-state index is 5.55. The van der Waals surface area contributed by atoms with Crippen molar-refractivity contribution in [2.24, 2.45) is 20.2 Å². The first-order chi connectivity index (χ1) is 50.4. The number of aliphatic imine (C=N–C) groups is 2. The van der Waals surface area contributed by atoms with E-state index in [-0.39, 0.29) is 24.2 Å². The van der Waals surface area contributed by atoms with E-state index in [9.17, 15) is 0 Å². The number of rotatable bonds is 16. The van der Waals surface area contributed by atoms with Gasteiger partial charge in [-0.1, -0.05) is 281 Å². The smallest absolute Gasteiger partial charge is 0.130 e. The van der Waals surface area contributed by atoms with Crippen LogP contribution in [0.1, 0.15) is 119 Å². The molecule has 4 atom stereocenters. The van der Waals surface area contributed by atoms with Gasteiger partial charge in [0.15, 0.2) is 0 Å². The van der Waals surface area contributed by atoms with Crippen molar-refractivity contribution in [3.05, 3.63) is 370 Å². The second-order valence-electron chi connectivity index (χ2n) is 28.2. The van der Waals surface area contributed by atoms with Crippen molar-refractivity contribution < 1.29 is 0 Å². The van der Waals surface area contributed by atoms with Crippen LogP contribution in [0.5, 0.6) is 0 Å². The molecule has 12 rings (SSSR count). The lowest BCUT2D eigenvalue weighted by atomic mass is 9.89. The van der Waals surface area contributed by atoms with Crippen molar-refractivity contribution in [3.8, 4) is 91.1 Å². The monoisotopic (exact) mass is 1380 g/mol. The number of azo groups is 1. The minimum absolute atomic E-state index is 0.0321. The highest BCUT2D eigenvalue weighted by atomic mass is 28.3. The average Bonchev–Trinajstić information content (AvgIpc) is 0.780. The Morgan fingerprint density at radius 3 is 0.769 bits per heavy atom. The van der Waals surface area contributed by atoms with E-state index >= 15 is 0 Å². The molecule has 0 heterocycles. The Hall–Kier alpha value is -12.1. The van der Waals surface area contributed by atoms with E-state index < -0.39 is 16.1 Å². The maximum Gasteiger partial charge on any atom is 0.130 e. The molecular formula is C96H86N6Si2. The van der Waals surface area contributed by atoms with E-state index in [0.717, 1.165) is 123 Å². The van der Waals surface area contributed by atoms with Crippen LogP contribution in [0.15, 0.2) is 324 Å². The number of benzene rings is 12. The maximum atomic E-state index is 5.55. The molecule has 0 radical (unpaired) electrons. The molecule has 0 fully saturated rings. The molecule has 0 aliphatic carbocycles. The van der Waals surface area contributed by atoms with Crippen LogP contribution >= 0.6 is 0 Å². The van der Waals surface area contributed by atoms with Gasteiger partial charge in [0.1, 0.15) is 27.8 Å². The molecular weight excluding hydrogens is 1290 g/mol. The van der Waals surface area contributed by atoms with Crippen LogP contribution in [-0.4, -0.2) is 27.8 Å². The first-order valence-corrected chi connectivity index (χ1v) is 42.7. The van der Waals surface area contributed by atoms with Crippen molar-refractivity contribution in [1.29, 1.82) is 0 Å². The Morgan fingerprint density at radius 2 is 0.510 bits per heavy atom. The summed E-state index contributed by atoms with van der Waals surface area (Å²) in [6, 6.07) is 105. The lowest BCUT2D eigenvalue weighted by Crippen LogP contribution is -2.29. The van der Waals surface area contributed by atoms with Crippen molar-refractivity contribution in [2.75, 3.05) is 0 Å². The van der Waals surface area contributed by atoms with E-state index in [4.69, 9.17) is 9.98 Å². The molecule has 2 N–H and O–H groups in total. The summed E-state index contributed by atoms with van der Waals surface area (Å²) in [5.41, 5.74) is 29.3. The van der Waals surface area contributed by atoms with Crippen molar-refractivity contribution in [3.63, 3.8) is 0 Å². The highest BCUT2D eigenvalue weighted by molar-refractivity contribution is 6.84. The lowest BCUT2D eigenvalue weighted by Gasteiger charge is -2.24. The first kappa shape index (κ1) is 71.7. The molecule has 0 aliphatic heterocycles. The van der Waals surface area contributed by atoms with Crippen LogP contribution in [0.3, 0.4) is 0 Å². The highest BCUT2D eigenvalue weighted by Gasteiger charge is 2.24. The number of hydrogen-bond donors (Lipinski definition) is 2. The second kappa shape index (κ2) is 33.6. The van der Waals surface area contributed by atoms with E-state index in [2.05, 4.69) is 389 Å². The number of amidine groups is 2. The second-order valence-corrected chi connectivity index (χ2v) is 37.7. The summed E-state index contributed by atoms with van der Waals surface area (Å²) in [5, 5.41) is 17.0. The van der Waals surface area contributed by atoms with Crippen LogP contribution in [0.25, 0.3) is 44.5 Å². The van der Waals surface area contributed by atoms with Gasteiger partial charge in [0.25, 0.3) is 0 Å². The van der Waals surface area contributed by atoms with E-state index in [1.54, 1.807) is 0 Å². The molecule has 0 spiro atoms. The Morgan fingerprint density at radius 1 is 0.269 bits per heavy atom. The van der Waals surface area contributed by atoms with Crippen LogP contribution in [0.4, 0.5) is 11.4 Å². The van der Waals surface area contributed by atoms with Gasteiger partial charge < -0.3 is 10.6 Å². The summed E-state index contributed by atoms with van der Waals surface area (Å²) in [4.78, 5) is 11.1. The van der Waals surface area contributed by atoms with E-state index in [1.807, 2.05) is 48.5 Å². The van der Waals surface area contributed by atoms with Crippen LogP contribution in [0, 0.1) is 46.6 Å². The van der Waals surface area contributed by atoms with Crippen LogP contribution in [-0.2, 0) is 0 Å². The molecule has 104 heavy (non-hydrogen) atoms. The topological polar surface area (TPSA) is 73.5 Å². The standard InChI is InChI=1S/C96H86N6Si2/c1-69(79-25-15-11-16-26-79)97-95(98-70(2)80-27-17-12-18-28-80)93-89(33-23-35-91(93)85-57-45-77(46-58-85)65-67-103(5,6)7)83-53-41-73(42-54-83)37-39-75-49-61-87(62-50-75)101-102-88-63-51-76(52-64-88)40-38-74-43-55-84(56-44-74)90-34-24-36-92(86-59-47-78(48-60-86)66-68-104(8,9)10)94(90)96(99-71(3)81-29-19-13-20-30-81)100-72(4)82-31-21-14-22-32-82/h11-36,41-64,69-72H,1-10H3,(H,97,98)(H,99,100)/t69-,70-,71-,72?/m0/s1. The van der Waals surface area contributed by atoms with Crippen LogP contribution < -0.4 is 10.6 Å². The molecule has 0 saturated heterocycles. The quantitative estimate of drug-likeness (QED) is 0.0333. The Balaban J connectivity index is 0.756. The minimum atomic E-state index is -1.56. The predicted octanol–water partition coefficient (Wildman–Crippen LogP) is 23.7. The summed E-state index contributed by atoms with van der Waals surface area (Å²) < 4.78 is 0. The summed E-state index contributed by atoms with van der Waals surface area (Å²) in [7, 11) is -3.12. The van der Waals surface area contributed by atoms with Crippen molar-refractivity contribution >= 4 is 39.2 Å². The Bertz CT molecular complexity index is 4950. The Labute approximate surface area is 618 Å². The zero-order chi connectivity index (χ0) is 72.4. The van der Waals surface area contributed by atoms with Crippen LogP contribution in [0.2, 0.25) is 39.3 Å². The molecule has 0 bridgehead atoms. The fourth-order valence-electron chi connectivity index (χ4n) is 12.1. The van der Waals surface area contributed by atoms with Gasteiger partial charge in [-0.2, -0.15) is 10.2 Å². The van der Waals surface area contributed by atoms with Gasteiger partial charge in [-0.25, -0.2) is 0 Å². The van der Waals surface area contributed by atoms with Gasteiger partial charge in [0.2, 0.25) is 0 Å². The molecule has 6 nitrogen and oxygen atoms in total. The Kier molecular flexibility index (Phi) is 23.1. The van der Waals surface area contributed by atoms with Crippen molar-refractivity contribution in [2.45, 2.75) is 91.1 Å². The normalized spacial score (nSPS) is 12.7. The molecule has 0 aliphatic rings. The molecule has 12 aromatic carbocycles.